The van der Waals surface area contributed by atoms with E-state index in [1.54, 1.807) is 4.90 Å². The van der Waals surface area contributed by atoms with E-state index in [9.17, 15) is 19.5 Å². The SMILES string of the molecule is O=C(NCCC(=O)N1CC(C(=O)O)C2(CC2)C1)OCC1c2ccccc2-c2ccccc21. The first-order chi connectivity index (χ1) is 15.5. The van der Waals surface area contributed by atoms with E-state index in [1.807, 2.05) is 24.3 Å². The number of likely N-dealkylation sites (tertiary alicyclic amines) is 1. The second-order valence-corrected chi connectivity index (χ2v) is 9.03. The van der Waals surface area contributed by atoms with Crippen LogP contribution in [0.3, 0.4) is 0 Å². The van der Waals surface area contributed by atoms with Crippen LogP contribution < -0.4 is 5.32 Å². The summed E-state index contributed by atoms with van der Waals surface area (Å²) in [6.45, 7) is 1.16. The number of nitrogens with one attached hydrogen (secondary N) is 1. The molecule has 1 atom stereocenters. The Kier molecular flexibility index (Phi) is 5.12. The van der Waals surface area contributed by atoms with E-state index in [4.69, 9.17) is 4.74 Å². The van der Waals surface area contributed by atoms with Gasteiger partial charge in [0.15, 0.2) is 0 Å². The highest BCUT2D eigenvalue weighted by Crippen LogP contribution is 2.56. The largest absolute Gasteiger partial charge is 0.481 e. The highest BCUT2D eigenvalue weighted by atomic mass is 16.5. The van der Waals surface area contributed by atoms with Crippen LogP contribution in [0, 0.1) is 11.3 Å². The minimum atomic E-state index is -0.824. The highest BCUT2D eigenvalue weighted by Gasteiger charge is 2.58. The summed E-state index contributed by atoms with van der Waals surface area (Å²) in [5, 5.41) is 12.1. The van der Waals surface area contributed by atoms with Crippen LogP contribution in [0.4, 0.5) is 4.79 Å². The molecule has 0 aromatic heterocycles. The fourth-order valence-electron chi connectivity index (χ4n) is 5.25. The smallest absolute Gasteiger partial charge is 0.407 e. The van der Waals surface area contributed by atoms with E-state index in [2.05, 4.69) is 29.6 Å². The van der Waals surface area contributed by atoms with Gasteiger partial charge in [-0.05, 0) is 35.1 Å². The van der Waals surface area contributed by atoms with Crippen LogP contribution in [0.15, 0.2) is 48.5 Å². The van der Waals surface area contributed by atoms with Crippen molar-refractivity contribution in [1.82, 2.24) is 10.2 Å². The topological polar surface area (TPSA) is 95.9 Å². The molecule has 0 radical (unpaired) electrons. The molecule has 3 aliphatic rings. The van der Waals surface area contributed by atoms with Crippen molar-refractivity contribution < 1.29 is 24.2 Å². The number of aliphatic carboxylic acids is 1. The first kappa shape index (κ1) is 20.5. The maximum atomic E-state index is 12.5. The van der Waals surface area contributed by atoms with Gasteiger partial charge in [-0.2, -0.15) is 0 Å². The van der Waals surface area contributed by atoms with Gasteiger partial charge in [0.05, 0.1) is 5.92 Å². The van der Waals surface area contributed by atoms with Gasteiger partial charge in [-0.1, -0.05) is 48.5 Å². The van der Waals surface area contributed by atoms with Crippen molar-refractivity contribution in [3.05, 3.63) is 59.7 Å². The fraction of sp³-hybridized carbons (Fsp3) is 0.400. The van der Waals surface area contributed by atoms with Gasteiger partial charge in [0.2, 0.25) is 5.91 Å². The molecule has 32 heavy (non-hydrogen) atoms. The zero-order valence-corrected chi connectivity index (χ0v) is 17.8. The lowest BCUT2D eigenvalue weighted by atomic mass is 9.93. The maximum Gasteiger partial charge on any atom is 0.407 e. The number of carboxylic acids is 1. The summed E-state index contributed by atoms with van der Waals surface area (Å²) in [6, 6.07) is 16.3. The lowest BCUT2D eigenvalue weighted by Crippen LogP contribution is -2.34. The Labute approximate surface area is 186 Å². The standard InChI is InChI=1S/C25H26N2O5/c28-22(27-13-21(23(29)30)25(15-27)10-11-25)9-12-26-24(31)32-14-20-18-7-3-1-5-16(18)17-6-2-4-8-19(17)20/h1-8,20-21H,9-15H2,(H,26,31)(H,29,30). The fourth-order valence-corrected chi connectivity index (χ4v) is 5.25. The quantitative estimate of drug-likeness (QED) is 0.728. The Hall–Kier alpha value is -3.35. The molecule has 7 nitrogen and oxygen atoms in total. The number of carboxylic acid groups (broad SMARTS) is 1. The molecule has 1 saturated heterocycles. The lowest BCUT2D eigenvalue weighted by Gasteiger charge is -2.17. The molecule has 1 aliphatic heterocycles. The second-order valence-electron chi connectivity index (χ2n) is 9.03. The predicted octanol–water partition coefficient (Wildman–Crippen LogP) is 3.24. The van der Waals surface area contributed by atoms with Crippen molar-refractivity contribution in [3.8, 4) is 11.1 Å². The van der Waals surface area contributed by atoms with Crippen LogP contribution in [0.2, 0.25) is 0 Å². The molecule has 2 aliphatic carbocycles. The maximum absolute atomic E-state index is 12.5. The summed E-state index contributed by atoms with van der Waals surface area (Å²) in [5.41, 5.74) is 4.41. The zero-order chi connectivity index (χ0) is 22.3. The summed E-state index contributed by atoms with van der Waals surface area (Å²) in [7, 11) is 0. The number of benzene rings is 2. The van der Waals surface area contributed by atoms with Gasteiger partial charge in [-0.25, -0.2) is 4.79 Å². The molecule has 1 heterocycles. The highest BCUT2D eigenvalue weighted by molar-refractivity contribution is 5.81. The molecule has 2 N–H and O–H groups in total. The molecule has 2 amide bonds. The van der Waals surface area contributed by atoms with Crippen LogP contribution in [-0.4, -0.2) is 54.2 Å². The van der Waals surface area contributed by atoms with Gasteiger partial charge < -0.3 is 20.1 Å². The van der Waals surface area contributed by atoms with Crippen molar-refractivity contribution in [2.24, 2.45) is 11.3 Å². The van der Waals surface area contributed by atoms with Crippen molar-refractivity contribution in [1.29, 1.82) is 0 Å². The number of amides is 2. The van der Waals surface area contributed by atoms with E-state index in [1.165, 1.54) is 11.1 Å². The summed E-state index contributed by atoms with van der Waals surface area (Å²) < 4.78 is 5.49. The van der Waals surface area contributed by atoms with Crippen LogP contribution in [-0.2, 0) is 14.3 Å². The number of hydrogen-bond donors (Lipinski definition) is 2. The first-order valence-electron chi connectivity index (χ1n) is 11.1. The lowest BCUT2D eigenvalue weighted by molar-refractivity contribution is -0.143. The molecule has 7 heteroatoms. The molecule has 2 aromatic carbocycles. The third-order valence-electron chi connectivity index (χ3n) is 7.14. The van der Waals surface area contributed by atoms with Gasteiger partial charge in [-0.15, -0.1) is 0 Å². The van der Waals surface area contributed by atoms with Crippen molar-refractivity contribution in [3.63, 3.8) is 0 Å². The Morgan fingerprint density at radius 2 is 1.66 bits per heavy atom. The minimum Gasteiger partial charge on any atom is -0.481 e. The molecule has 1 saturated carbocycles. The molecular weight excluding hydrogens is 408 g/mol. The van der Waals surface area contributed by atoms with Crippen molar-refractivity contribution in [2.45, 2.75) is 25.2 Å². The Balaban J connectivity index is 1.11. The molecule has 166 valence electrons. The second kappa shape index (κ2) is 7.97. The van der Waals surface area contributed by atoms with Crippen LogP contribution in [0.25, 0.3) is 11.1 Å². The third kappa shape index (κ3) is 3.61. The number of carbonyl (C=O) groups is 3. The number of rotatable bonds is 6. The number of alkyl carbamates (subject to hydrolysis) is 1. The Morgan fingerprint density at radius 1 is 1.03 bits per heavy atom. The van der Waals surface area contributed by atoms with Gasteiger partial charge in [0, 0.05) is 37.4 Å². The van der Waals surface area contributed by atoms with E-state index >= 15 is 0 Å². The summed E-state index contributed by atoms with van der Waals surface area (Å²) >= 11 is 0. The first-order valence-corrected chi connectivity index (χ1v) is 11.1. The van der Waals surface area contributed by atoms with Crippen molar-refractivity contribution in [2.75, 3.05) is 26.2 Å². The van der Waals surface area contributed by atoms with E-state index in [0.29, 0.717) is 6.54 Å². The molecule has 1 unspecified atom stereocenters. The molecule has 2 aromatic rings. The Bertz CT molecular complexity index is 1030. The Morgan fingerprint density at radius 3 is 2.22 bits per heavy atom. The summed E-state index contributed by atoms with van der Waals surface area (Å²) in [4.78, 5) is 37.8. The van der Waals surface area contributed by atoms with E-state index < -0.39 is 18.0 Å². The number of carbonyl (C=O) groups excluding carboxylic acids is 2. The van der Waals surface area contributed by atoms with Gasteiger partial charge >= 0.3 is 12.1 Å². The molecule has 5 rings (SSSR count). The van der Waals surface area contributed by atoms with Crippen LogP contribution in [0.1, 0.15) is 36.3 Å². The van der Waals surface area contributed by atoms with Crippen LogP contribution >= 0.6 is 0 Å². The number of hydrogen-bond acceptors (Lipinski definition) is 4. The van der Waals surface area contributed by atoms with Gasteiger partial charge in [0.1, 0.15) is 6.61 Å². The molecule has 0 bridgehead atoms. The number of nitrogens with zero attached hydrogens (tertiary/aromatic N) is 1. The number of fused-ring (bicyclic) bond motifs is 3. The monoisotopic (exact) mass is 434 g/mol. The van der Waals surface area contributed by atoms with E-state index in [0.717, 1.165) is 24.0 Å². The van der Waals surface area contributed by atoms with Crippen LogP contribution in [0.5, 0.6) is 0 Å². The molecule has 2 fully saturated rings. The normalized spacial score (nSPS) is 20.0. The predicted molar refractivity (Wildman–Crippen MR) is 117 cm³/mol. The average Bonchev–Trinajstić information content (AvgIpc) is 3.34. The number of ether oxygens (including phenoxy) is 1. The minimum absolute atomic E-state index is 0.0120. The average molecular weight is 434 g/mol. The summed E-state index contributed by atoms with van der Waals surface area (Å²) in [5.74, 6) is -1.43. The van der Waals surface area contributed by atoms with Gasteiger partial charge in [0.25, 0.3) is 0 Å². The molecular formula is C25H26N2O5. The van der Waals surface area contributed by atoms with E-state index in [-0.39, 0.29) is 43.4 Å². The third-order valence-corrected chi connectivity index (χ3v) is 7.14. The molecule has 1 spiro atoms. The zero-order valence-electron chi connectivity index (χ0n) is 17.8. The summed E-state index contributed by atoms with van der Waals surface area (Å²) in [6.07, 6.45) is 1.31. The van der Waals surface area contributed by atoms with Gasteiger partial charge in [-0.3, -0.25) is 9.59 Å². The van der Waals surface area contributed by atoms with Crippen molar-refractivity contribution >= 4 is 18.0 Å².